The van der Waals surface area contributed by atoms with Crippen molar-refractivity contribution in [3.05, 3.63) is 80.1 Å². The molecule has 4 nitrogen and oxygen atoms in total. The molecule has 2 aromatic carbocycles. The minimum absolute atomic E-state index is 0.157. The van der Waals surface area contributed by atoms with Crippen molar-refractivity contribution in [3.63, 3.8) is 0 Å². The highest BCUT2D eigenvalue weighted by Crippen LogP contribution is 2.44. The number of aryl methyl sites for hydroxylation is 1. The lowest BCUT2D eigenvalue weighted by Gasteiger charge is -2.33. The highest BCUT2D eigenvalue weighted by atomic mass is 79.9. The van der Waals surface area contributed by atoms with Crippen LogP contribution in [0.25, 0.3) is 0 Å². The molecule has 1 unspecified atom stereocenters. The molecule has 4 rings (SSSR count). The quantitative estimate of drug-likeness (QED) is 0.349. The van der Waals surface area contributed by atoms with E-state index >= 15 is 0 Å². The second-order valence-electron chi connectivity index (χ2n) is 9.91. The first-order valence-corrected chi connectivity index (χ1v) is 13.4. The summed E-state index contributed by atoms with van der Waals surface area (Å²) in [5, 5.41) is 6.82. The highest BCUT2D eigenvalue weighted by Gasteiger charge is 2.34. The van der Waals surface area contributed by atoms with E-state index in [1.165, 1.54) is 4.88 Å². The number of nitrogens with one attached hydrogen (secondary N) is 2. The van der Waals surface area contributed by atoms with Crippen LogP contribution in [-0.4, -0.2) is 11.8 Å². The molecular weight excluding hydrogens is 508 g/mol. The summed E-state index contributed by atoms with van der Waals surface area (Å²) in [5.41, 5.74) is 4.35. The van der Waals surface area contributed by atoms with E-state index < -0.39 is 0 Å². The molecule has 0 aliphatic heterocycles. The van der Waals surface area contributed by atoms with Crippen LogP contribution in [0.5, 0.6) is 0 Å². The van der Waals surface area contributed by atoms with Crippen LogP contribution in [0, 0.1) is 11.3 Å². The van der Waals surface area contributed by atoms with Crippen LogP contribution in [0.3, 0.4) is 0 Å². The van der Waals surface area contributed by atoms with E-state index in [0.717, 1.165) is 47.0 Å². The number of carbonyl (C=O) groups is 2. The Bertz CT molecular complexity index is 1230. The van der Waals surface area contributed by atoms with Gasteiger partial charge in [0.25, 0.3) is 11.8 Å². The first-order chi connectivity index (χ1) is 16.2. The monoisotopic (exact) mass is 538 g/mol. The number of carbonyl (C=O) groups excluding carboxylic acids is 2. The third-order valence-corrected chi connectivity index (χ3v) is 8.57. The largest absolute Gasteiger partial charge is 0.322 e. The lowest BCUT2D eigenvalue weighted by atomic mass is 9.72. The fourth-order valence-corrected chi connectivity index (χ4v) is 6.39. The van der Waals surface area contributed by atoms with Crippen LogP contribution >= 0.6 is 27.3 Å². The predicted octanol–water partition coefficient (Wildman–Crippen LogP) is 7.73. The maximum absolute atomic E-state index is 13.6. The molecular formula is C28H31BrN2O2S. The van der Waals surface area contributed by atoms with Crippen LogP contribution < -0.4 is 10.6 Å². The molecule has 1 aliphatic rings. The van der Waals surface area contributed by atoms with E-state index in [9.17, 15) is 9.59 Å². The number of benzene rings is 2. The summed E-state index contributed by atoms with van der Waals surface area (Å²) in [6, 6.07) is 15.2. The first kappa shape index (κ1) is 24.7. The summed E-state index contributed by atoms with van der Waals surface area (Å²) in [6.45, 7) is 8.91. The average molecular weight is 540 g/mol. The maximum Gasteiger partial charge on any atom is 0.258 e. The zero-order chi connectivity index (χ0) is 24.5. The third kappa shape index (κ3) is 5.13. The summed E-state index contributed by atoms with van der Waals surface area (Å²) in [6.07, 6.45) is 3.64. The van der Waals surface area contributed by atoms with Gasteiger partial charge in [0.1, 0.15) is 5.00 Å². The second-order valence-corrected chi connectivity index (χ2v) is 11.9. The Balaban J connectivity index is 1.71. The molecule has 0 spiro atoms. The number of fused-ring (bicyclic) bond motifs is 1. The van der Waals surface area contributed by atoms with Gasteiger partial charge in [-0.3, -0.25) is 9.59 Å². The van der Waals surface area contributed by atoms with E-state index in [4.69, 9.17) is 0 Å². The molecule has 0 saturated heterocycles. The van der Waals surface area contributed by atoms with Crippen LogP contribution in [0.4, 0.5) is 10.7 Å². The van der Waals surface area contributed by atoms with Crippen molar-refractivity contribution in [2.24, 2.45) is 11.3 Å². The molecule has 0 radical (unpaired) electrons. The number of hydrogen-bond acceptors (Lipinski definition) is 3. The molecule has 1 aromatic heterocycles. The van der Waals surface area contributed by atoms with Crippen LogP contribution in [0.1, 0.15) is 70.8 Å². The van der Waals surface area contributed by atoms with Gasteiger partial charge in [0.2, 0.25) is 0 Å². The normalized spacial score (nSPS) is 15.5. The number of hydrogen-bond donors (Lipinski definition) is 2. The van der Waals surface area contributed by atoms with Crippen molar-refractivity contribution in [2.75, 3.05) is 10.6 Å². The number of anilines is 2. The molecule has 3 aromatic rings. The highest BCUT2D eigenvalue weighted by molar-refractivity contribution is 9.10. The fraction of sp³-hybridized carbons (Fsp3) is 0.357. The third-order valence-electron chi connectivity index (χ3n) is 6.71. The minimum atomic E-state index is -0.221. The molecule has 1 aliphatic carbocycles. The van der Waals surface area contributed by atoms with Gasteiger partial charge in [-0.1, -0.05) is 58.0 Å². The Morgan fingerprint density at radius 2 is 1.74 bits per heavy atom. The second kappa shape index (κ2) is 10.0. The molecule has 0 fully saturated rings. The number of halogens is 1. The maximum atomic E-state index is 13.6. The van der Waals surface area contributed by atoms with Gasteiger partial charge in [0, 0.05) is 15.0 Å². The van der Waals surface area contributed by atoms with Crippen LogP contribution in [0.15, 0.2) is 53.0 Å². The van der Waals surface area contributed by atoms with Crippen molar-refractivity contribution in [2.45, 2.75) is 53.4 Å². The van der Waals surface area contributed by atoms with Gasteiger partial charge < -0.3 is 10.6 Å². The lowest BCUT2D eigenvalue weighted by molar-refractivity contribution is 0.102. The molecule has 1 atom stereocenters. The molecule has 178 valence electrons. The zero-order valence-corrected chi connectivity index (χ0v) is 22.5. The standard InChI is InChI=1S/C28H31BrN2O2S/c1-5-17-10-6-9-13-22(17)30-26(33)24-20-15-14-18(28(2,3)4)16-23(20)34-27(24)31-25(32)19-11-7-8-12-21(19)29/h6-13,18H,5,14-16H2,1-4H3,(H,30,33)(H,31,32). The van der Waals surface area contributed by atoms with E-state index in [1.54, 1.807) is 17.4 Å². The van der Waals surface area contributed by atoms with Crippen LogP contribution in [0.2, 0.25) is 0 Å². The number of para-hydroxylation sites is 1. The van der Waals surface area contributed by atoms with Crippen molar-refractivity contribution in [1.29, 1.82) is 0 Å². The van der Waals surface area contributed by atoms with Gasteiger partial charge in [-0.05, 0) is 82.3 Å². The Morgan fingerprint density at radius 1 is 1.03 bits per heavy atom. The Kier molecular flexibility index (Phi) is 7.29. The van der Waals surface area contributed by atoms with E-state index in [2.05, 4.69) is 54.3 Å². The fourth-order valence-electron chi connectivity index (χ4n) is 4.60. The molecule has 34 heavy (non-hydrogen) atoms. The predicted molar refractivity (Wildman–Crippen MR) is 145 cm³/mol. The molecule has 0 bridgehead atoms. The molecule has 1 heterocycles. The summed E-state index contributed by atoms with van der Waals surface area (Å²) in [5.74, 6) is 0.165. The molecule has 2 N–H and O–H groups in total. The zero-order valence-electron chi connectivity index (χ0n) is 20.1. The average Bonchev–Trinajstić information content (AvgIpc) is 3.16. The summed E-state index contributed by atoms with van der Waals surface area (Å²) < 4.78 is 0.726. The topological polar surface area (TPSA) is 58.2 Å². The van der Waals surface area contributed by atoms with Gasteiger partial charge in [0.15, 0.2) is 0 Å². The van der Waals surface area contributed by atoms with Crippen molar-refractivity contribution in [3.8, 4) is 0 Å². The van der Waals surface area contributed by atoms with Gasteiger partial charge in [0.05, 0.1) is 11.1 Å². The minimum Gasteiger partial charge on any atom is -0.322 e. The number of thiophene rings is 1. The van der Waals surface area contributed by atoms with Crippen molar-refractivity contribution in [1.82, 2.24) is 0 Å². The van der Waals surface area contributed by atoms with E-state index in [-0.39, 0.29) is 17.2 Å². The Morgan fingerprint density at radius 3 is 2.44 bits per heavy atom. The first-order valence-electron chi connectivity index (χ1n) is 11.8. The van der Waals surface area contributed by atoms with E-state index in [0.29, 0.717) is 22.0 Å². The van der Waals surface area contributed by atoms with Gasteiger partial charge >= 0.3 is 0 Å². The Hall–Kier alpha value is -2.44. The van der Waals surface area contributed by atoms with Gasteiger partial charge in [-0.15, -0.1) is 11.3 Å². The number of rotatable bonds is 5. The smallest absolute Gasteiger partial charge is 0.258 e. The SMILES string of the molecule is CCc1ccccc1NC(=O)c1c(NC(=O)c2ccccc2Br)sc2c1CCC(C(C)(C)C)C2. The van der Waals surface area contributed by atoms with E-state index in [1.807, 2.05) is 42.5 Å². The summed E-state index contributed by atoms with van der Waals surface area (Å²) >= 11 is 5.02. The lowest BCUT2D eigenvalue weighted by Crippen LogP contribution is -2.27. The molecule has 0 saturated carbocycles. The van der Waals surface area contributed by atoms with Crippen molar-refractivity contribution < 1.29 is 9.59 Å². The summed E-state index contributed by atoms with van der Waals surface area (Å²) in [7, 11) is 0. The van der Waals surface area contributed by atoms with Gasteiger partial charge in [-0.2, -0.15) is 0 Å². The Labute approximate surface area is 214 Å². The molecule has 2 amide bonds. The summed E-state index contributed by atoms with van der Waals surface area (Å²) in [4.78, 5) is 28.0. The molecule has 6 heteroatoms. The number of amides is 2. The van der Waals surface area contributed by atoms with Crippen LogP contribution in [-0.2, 0) is 19.3 Å². The van der Waals surface area contributed by atoms with Gasteiger partial charge in [-0.25, -0.2) is 0 Å². The van der Waals surface area contributed by atoms with Crippen molar-refractivity contribution >= 4 is 49.8 Å².